The first-order chi connectivity index (χ1) is 13.9. The van der Waals surface area contributed by atoms with Crippen molar-refractivity contribution in [1.29, 1.82) is 0 Å². The molecule has 1 amide bonds. The van der Waals surface area contributed by atoms with Gasteiger partial charge in [-0.1, -0.05) is 42.5 Å². The molecule has 7 nitrogen and oxygen atoms in total. The second kappa shape index (κ2) is 9.69. The van der Waals surface area contributed by atoms with Gasteiger partial charge < -0.3 is 15.1 Å². The third-order valence-electron chi connectivity index (χ3n) is 6.02. The second-order valence-corrected chi connectivity index (χ2v) is 7.99. The minimum atomic E-state index is -1.82. The van der Waals surface area contributed by atoms with Gasteiger partial charge in [-0.2, -0.15) is 0 Å². The van der Waals surface area contributed by atoms with Crippen molar-refractivity contribution in [2.45, 2.75) is 19.3 Å². The van der Waals surface area contributed by atoms with Gasteiger partial charge in [-0.25, -0.2) is 9.59 Å². The smallest absolute Gasteiger partial charge is 0.414 e. The molecule has 2 fully saturated rings. The molecular weight excluding hydrogens is 372 g/mol. The van der Waals surface area contributed by atoms with Crippen LogP contribution in [0.5, 0.6) is 0 Å². The number of allylic oxidation sites excluding steroid dienone is 2. The summed E-state index contributed by atoms with van der Waals surface area (Å²) in [5, 5.41) is 14.8. The largest absolute Gasteiger partial charge is 0.473 e. The first-order valence-electron chi connectivity index (χ1n) is 10.1. The predicted molar refractivity (Wildman–Crippen MR) is 107 cm³/mol. The molecule has 2 bridgehead atoms. The SMILES string of the molecule is O=C(Cc1ccccc1)N1CCN(CC2CC3C=CC2C3)CC1.O=C(O)C(=O)O. The van der Waals surface area contributed by atoms with Crippen LogP contribution in [0.3, 0.4) is 0 Å². The zero-order valence-electron chi connectivity index (χ0n) is 16.4. The van der Waals surface area contributed by atoms with Gasteiger partial charge in [0.15, 0.2) is 0 Å². The highest BCUT2D eigenvalue weighted by molar-refractivity contribution is 6.27. The fourth-order valence-electron chi connectivity index (χ4n) is 4.50. The second-order valence-electron chi connectivity index (χ2n) is 7.99. The Labute approximate surface area is 170 Å². The summed E-state index contributed by atoms with van der Waals surface area (Å²) in [6.45, 7) is 5.09. The quantitative estimate of drug-likeness (QED) is 0.590. The van der Waals surface area contributed by atoms with E-state index in [1.807, 2.05) is 35.2 Å². The predicted octanol–water partition coefficient (Wildman–Crippen LogP) is 1.74. The van der Waals surface area contributed by atoms with Gasteiger partial charge in [0.05, 0.1) is 6.42 Å². The van der Waals surface area contributed by atoms with E-state index in [2.05, 4.69) is 17.1 Å². The highest BCUT2D eigenvalue weighted by atomic mass is 16.4. The molecule has 0 radical (unpaired) electrons. The molecule has 2 aliphatic carbocycles. The van der Waals surface area contributed by atoms with Crippen molar-refractivity contribution in [2.75, 3.05) is 32.7 Å². The van der Waals surface area contributed by atoms with E-state index < -0.39 is 11.9 Å². The molecule has 1 aromatic rings. The first-order valence-corrected chi connectivity index (χ1v) is 10.1. The van der Waals surface area contributed by atoms with Crippen molar-refractivity contribution in [3.05, 3.63) is 48.0 Å². The summed E-state index contributed by atoms with van der Waals surface area (Å²) in [7, 11) is 0. The molecule has 1 saturated carbocycles. The fourth-order valence-corrected chi connectivity index (χ4v) is 4.50. The number of rotatable bonds is 4. The van der Waals surface area contributed by atoms with Gasteiger partial charge in [-0.05, 0) is 36.2 Å². The van der Waals surface area contributed by atoms with Crippen LogP contribution < -0.4 is 0 Å². The van der Waals surface area contributed by atoms with Gasteiger partial charge in [0, 0.05) is 32.7 Å². The van der Waals surface area contributed by atoms with Gasteiger partial charge >= 0.3 is 11.9 Å². The topological polar surface area (TPSA) is 98.2 Å². The summed E-state index contributed by atoms with van der Waals surface area (Å²) in [5.74, 6) is -0.822. The van der Waals surface area contributed by atoms with Crippen molar-refractivity contribution < 1.29 is 24.6 Å². The van der Waals surface area contributed by atoms with E-state index in [0.717, 1.165) is 49.5 Å². The lowest BCUT2D eigenvalue weighted by atomic mass is 9.93. The number of amides is 1. The van der Waals surface area contributed by atoms with Crippen LogP contribution in [0.4, 0.5) is 0 Å². The number of fused-ring (bicyclic) bond motifs is 2. The van der Waals surface area contributed by atoms with Gasteiger partial charge in [0.25, 0.3) is 0 Å². The van der Waals surface area contributed by atoms with Crippen LogP contribution in [0, 0.1) is 17.8 Å². The van der Waals surface area contributed by atoms with Gasteiger partial charge in [0.1, 0.15) is 0 Å². The molecule has 2 N–H and O–H groups in total. The summed E-state index contributed by atoms with van der Waals surface area (Å²) in [4.78, 5) is 35.2. The molecule has 0 spiro atoms. The minimum absolute atomic E-state index is 0.277. The number of aliphatic carboxylic acids is 2. The van der Waals surface area contributed by atoms with Crippen molar-refractivity contribution in [1.82, 2.24) is 9.80 Å². The number of carbonyl (C=O) groups is 3. The van der Waals surface area contributed by atoms with Crippen LogP contribution in [0.1, 0.15) is 18.4 Å². The highest BCUT2D eigenvalue weighted by Crippen LogP contribution is 2.43. The number of nitrogens with zero attached hydrogens (tertiary/aromatic N) is 2. The Balaban J connectivity index is 0.000000353. The summed E-state index contributed by atoms with van der Waals surface area (Å²) in [6.07, 6.45) is 8.17. The Kier molecular flexibility index (Phi) is 7.04. The van der Waals surface area contributed by atoms with E-state index in [1.165, 1.54) is 19.4 Å². The molecular formula is C22H28N2O5. The van der Waals surface area contributed by atoms with E-state index in [-0.39, 0.29) is 5.91 Å². The summed E-state index contributed by atoms with van der Waals surface area (Å²) < 4.78 is 0. The molecule has 1 aromatic carbocycles. The van der Waals surface area contributed by atoms with Gasteiger partial charge in [-0.3, -0.25) is 9.69 Å². The molecule has 1 heterocycles. The van der Waals surface area contributed by atoms with Crippen LogP contribution in [-0.4, -0.2) is 70.6 Å². The highest BCUT2D eigenvalue weighted by Gasteiger charge is 2.36. The number of hydrogen-bond acceptors (Lipinski definition) is 4. The molecule has 1 aliphatic heterocycles. The number of benzene rings is 1. The normalized spacial score (nSPS) is 25.4. The number of hydrogen-bond donors (Lipinski definition) is 2. The number of carbonyl (C=O) groups excluding carboxylic acids is 1. The maximum absolute atomic E-state index is 12.4. The number of carboxylic acid groups (broad SMARTS) is 2. The molecule has 29 heavy (non-hydrogen) atoms. The zero-order chi connectivity index (χ0) is 20.8. The third kappa shape index (κ3) is 5.90. The Morgan fingerprint density at radius 1 is 0.897 bits per heavy atom. The van der Waals surface area contributed by atoms with Crippen LogP contribution >= 0.6 is 0 Å². The summed E-state index contributed by atoms with van der Waals surface area (Å²) in [5.41, 5.74) is 1.12. The standard InChI is InChI=1S/C20H26N2O.C2H2O4/c23-20(14-16-4-2-1-3-5-16)22-10-8-21(9-11-22)15-19-13-17-6-7-18(19)12-17;3-1(4)2(5)6/h1-7,17-19H,8-15H2;(H,3,4)(H,5,6). The van der Waals surface area contributed by atoms with E-state index in [4.69, 9.17) is 19.8 Å². The van der Waals surface area contributed by atoms with Crippen molar-refractivity contribution in [3.63, 3.8) is 0 Å². The average Bonchev–Trinajstić information content (AvgIpc) is 3.33. The van der Waals surface area contributed by atoms with E-state index >= 15 is 0 Å². The van der Waals surface area contributed by atoms with Crippen molar-refractivity contribution >= 4 is 17.8 Å². The molecule has 156 valence electrons. The van der Waals surface area contributed by atoms with E-state index in [1.54, 1.807) is 0 Å². The van der Waals surface area contributed by atoms with Crippen LogP contribution in [0.2, 0.25) is 0 Å². The van der Waals surface area contributed by atoms with Crippen molar-refractivity contribution in [2.24, 2.45) is 17.8 Å². The average molecular weight is 400 g/mol. The number of carboxylic acids is 2. The van der Waals surface area contributed by atoms with Gasteiger partial charge in [0.2, 0.25) is 5.91 Å². The monoisotopic (exact) mass is 400 g/mol. The van der Waals surface area contributed by atoms with Crippen molar-refractivity contribution in [3.8, 4) is 0 Å². The molecule has 3 aliphatic rings. The first kappa shape index (κ1) is 21.0. The van der Waals surface area contributed by atoms with Gasteiger partial charge in [-0.15, -0.1) is 0 Å². The Hall–Kier alpha value is -2.67. The maximum Gasteiger partial charge on any atom is 0.414 e. The summed E-state index contributed by atoms with van der Waals surface area (Å²) in [6, 6.07) is 10.1. The molecule has 4 rings (SSSR count). The number of piperazine rings is 1. The Morgan fingerprint density at radius 3 is 2.07 bits per heavy atom. The zero-order valence-corrected chi connectivity index (χ0v) is 16.4. The van der Waals surface area contributed by atoms with Crippen LogP contribution in [0.15, 0.2) is 42.5 Å². The lowest BCUT2D eigenvalue weighted by molar-refractivity contribution is -0.159. The summed E-state index contributed by atoms with van der Waals surface area (Å²) >= 11 is 0. The molecule has 3 atom stereocenters. The minimum Gasteiger partial charge on any atom is -0.473 e. The third-order valence-corrected chi connectivity index (χ3v) is 6.02. The van der Waals surface area contributed by atoms with Crippen LogP contribution in [0.25, 0.3) is 0 Å². The lowest BCUT2D eigenvalue weighted by Gasteiger charge is -2.37. The maximum atomic E-state index is 12.4. The molecule has 3 unspecified atom stereocenters. The molecule has 1 saturated heterocycles. The van der Waals surface area contributed by atoms with E-state index in [0.29, 0.717) is 6.42 Å². The Bertz CT molecular complexity index is 744. The van der Waals surface area contributed by atoms with E-state index in [9.17, 15) is 4.79 Å². The lowest BCUT2D eigenvalue weighted by Crippen LogP contribution is -2.50. The molecule has 7 heteroatoms. The van der Waals surface area contributed by atoms with Crippen LogP contribution in [-0.2, 0) is 20.8 Å². The fraction of sp³-hybridized carbons (Fsp3) is 0.500. The molecule has 0 aromatic heterocycles. The Morgan fingerprint density at radius 2 is 1.55 bits per heavy atom.